The van der Waals surface area contributed by atoms with Crippen molar-refractivity contribution in [2.45, 2.75) is 32.3 Å². The number of amides is 1. The average molecular weight is 291 g/mol. The van der Waals surface area contributed by atoms with Gasteiger partial charge >= 0.3 is 5.97 Å². The molecule has 0 heterocycles. The van der Waals surface area contributed by atoms with Crippen LogP contribution in [0.1, 0.15) is 26.2 Å². The van der Waals surface area contributed by atoms with Crippen molar-refractivity contribution < 1.29 is 18.7 Å². The third-order valence-electron chi connectivity index (χ3n) is 3.36. The highest BCUT2D eigenvalue weighted by atomic mass is 19.1. The summed E-state index contributed by atoms with van der Waals surface area (Å²) in [6, 6.07) is 5.56. The van der Waals surface area contributed by atoms with Crippen molar-refractivity contribution in [2.24, 2.45) is 5.92 Å². The van der Waals surface area contributed by atoms with Gasteiger partial charge in [-0.1, -0.05) is 18.2 Å². The Labute approximate surface area is 123 Å². The van der Waals surface area contributed by atoms with Gasteiger partial charge in [0.05, 0.1) is 5.92 Å². The molecule has 0 aromatic heterocycles. The number of nitrogens with one attached hydrogen (secondary N) is 1. The molecule has 0 bridgehead atoms. The van der Waals surface area contributed by atoms with Gasteiger partial charge in [0.2, 0.25) is 0 Å². The number of carbonyl (C=O) groups excluding carboxylic acids is 2. The number of benzene rings is 1. The Bertz CT molecular complexity index is 556. The Hall–Kier alpha value is -2.17. The van der Waals surface area contributed by atoms with Crippen LogP contribution in [0.5, 0.6) is 0 Å². The van der Waals surface area contributed by atoms with E-state index in [0.29, 0.717) is 12.1 Å². The van der Waals surface area contributed by atoms with E-state index >= 15 is 0 Å². The second-order valence-corrected chi connectivity index (χ2v) is 5.06. The Morgan fingerprint density at radius 3 is 2.86 bits per heavy atom. The smallest absolute Gasteiger partial charge is 0.310 e. The maximum absolute atomic E-state index is 13.0. The normalized spacial score (nSPS) is 18.9. The molecule has 5 heteroatoms. The molecule has 0 aliphatic heterocycles. The quantitative estimate of drug-likeness (QED) is 0.685. The van der Waals surface area contributed by atoms with E-state index in [2.05, 4.69) is 5.32 Å². The lowest BCUT2D eigenvalue weighted by Crippen LogP contribution is -2.32. The van der Waals surface area contributed by atoms with Crippen molar-refractivity contribution in [3.8, 4) is 0 Å². The zero-order valence-corrected chi connectivity index (χ0v) is 11.8. The van der Waals surface area contributed by atoms with E-state index in [1.165, 1.54) is 25.1 Å². The largest absolute Gasteiger partial charge is 0.452 e. The number of hydrogen-bond acceptors (Lipinski definition) is 3. The summed E-state index contributed by atoms with van der Waals surface area (Å²) < 4.78 is 18.2. The number of allylic oxidation sites excluding steroid dienone is 2. The fourth-order valence-electron chi connectivity index (χ4n) is 2.14. The van der Waals surface area contributed by atoms with Crippen LogP contribution in [-0.2, 0) is 14.3 Å². The van der Waals surface area contributed by atoms with E-state index in [-0.39, 0.29) is 11.9 Å². The number of hydrogen-bond donors (Lipinski definition) is 1. The van der Waals surface area contributed by atoms with Crippen LogP contribution >= 0.6 is 0 Å². The summed E-state index contributed by atoms with van der Waals surface area (Å²) >= 11 is 0. The molecule has 1 aromatic rings. The van der Waals surface area contributed by atoms with Gasteiger partial charge in [0.1, 0.15) is 5.82 Å². The average Bonchev–Trinajstić information content (AvgIpc) is 2.48. The van der Waals surface area contributed by atoms with Gasteiger partial charge in [0, 0.05) is 5.69 Å². The maximum atomic E-state index is 13.0. The number of rotatable bonds is 4. The van der Waals surface area contributed by atoms with Gasteiger partial charge in [-0.05, 0) is 44.4 Å². The van der Waals surface area contributed by atoms with E-state index in [0.717, 1.165) is 12.8 Å². The molecule has 1 N–H and O–H groups in total. The van der Waals surface area contributed by atoms with E-state index in [1.807, 2.05) is 12.2 Å². The molecule has 1 aliphatic carbocycles. The van der Waals surface area contributed by atoms with Crippen LogP contribution in [0.15, 0.2) is 36.4 Å². The van der Waals surface area contributed by atoms with Crippen LogP contribution in [0.2, 0.25) is 0 Å². The van der Waals surface area contributed by atoms with E-state index < -0.39 is 17.8 Å². The highest BCUT2D eigenvalue weighted by molar-refractivity contribution is 5.95. The highest BCUT2D eigenvalue weighted by Gasteiger charge is 2.25. The fraction of sp³-hybridized carbons (Fsp3) is 0.375. The monoisotopic (exact) mass is 291 g/mol. The summed E-state index contributed by atoms with van der Waals surface area (Å²) in [5.74, 6) is -1.45. The van der Waals surface area contributed by atoms with Crippen molar-refractivity contribution in [1.82, 2.24) is 0 Å². The van der Waals surface area contributed by atoms with Crippen LogP contribution in [0.4, 0.5) is 10.1 Å². The molecule has 1 amide bonds. The molecule has 112 valence electrons. The zero-order chi connectivity index (χ0) is 15.2. The first-order valence-electron chi connectivity index (χ1n) is 6.98. The molecule has 1 aliphatic rings. The molecule has 4 nitrogen and oxygen atoms in total. The molecule has 1 aromatic carbocycles. The van der Waals surface area contributed by atoms with Crippen LogP contribution in [-0.4, -0.2) is 18.0 Å². The number of ether oxygens (including phenoxy) is 1. The molecule has 2 rings (SSSR count). The summed E-state index contributed by atoms with van der Waals surface area (Å²) in [5, 5.41) is 2.52. The van der Waals surface area contributed by atoms with Gasteiger partial charge < -0.3 is 10.1 Å². The summed E-state index contributed by atoms with van der Waals surface area (Å²) in [7, 11) is 0. The lowest BCUT2D eigenvalue weighted by molar-refractivity contribution is -0.157. The third kappa shape index (κ3) is 4.41. The Kier molecular flexibility index (Phi) is 5.09. The fourth-order valence-corrected chi connectivity index (χ4v) is 2.14. The van der Waals surface area contributed by atoms with E-state index in [9.17, 15) is 14.0 Å². The molecular weight excluding hydrogens is 273 g/mol. The Morgan fingerprint density at radius 1 is 1.38 bits per heavy atom. The van der Waals surface area contributed by atoms with Crippen molar-refractivity contribution in [2.75, 3.05) is 5.32 Å². The Balaban J connectivity index is 1.87. The SMILES string of the molecule is C[C@@H](OC(=O)[C@@H]1CC=CCC1)C(=O)Nc1cccc(F)c1. The topological polar surface area (TPSA) is 55.4 Å². The molecule has 0 saturated carbocycles. The van der Waals surface area contributed by atoms with Crippen LogP contribution < -0.4 is 5.32 Å². The first-order valence-corrected chi connectivity index (χ1v) is 6.98. The minimum absolute atomic E-state index is 0.181. The number of carbonyl (C=O) groups is 2. The van der Waals surface area contributed by atoms with Gasteiger partial charge in [0.25, 0.3) is 5.91 Å². The van der Waals surface area contributed by atoms with E-state index in [4.69, 9.17) is 4.74 Å². The van der Waals surface area contributed by atoms with Crippen molar-refractivity contribution in [3.05, 3.63) is 42.2 Å². The molecule has 2 atom stereocenters. The Morgan fingerprint density at radius 2 is 2.19 bits per heavy atom. The van der Waals surface area contributed by atoms with E-state index in [1.54, 1.807) is 6.07 Å². The van der Waals surface area contributed by atoms with Crippen molar-refractivity contribution >= 4 is 17.6 Å². The second kappa shape index (κ2) is 7.02. The first-order chi connectivity index (χ1) is 10.1. The van der Waals surface area contributed by atoms with Gasteiger partial charge in [-0.3, -0.25) is 9.59 Å². The third-order valence-corrected chi connectivity index (χ3v) is 3.36. The lowest BCUT2D eigenvalue weighted by atomic mass is 9.95. The van der Waals surface area contributed by atoms with Crippen LogP contribution in [0.3, 0.4) is 0 Å². The lowest BCUT2D eigenvalue weighted by Gasteiger charge is -2.19. The molecule has 0 spiro atoms. The molecular formula is C16H18FNO3. The van der Waals surface area contributed by atoms with Crippen molar-refractivity contribution in [3.63, 3.8) is 0 Å². The maximum Gasteiger partial charge on any atom is 0.310 e. The molecule has 0 saturated heterocycles. The minimum Gasteiger partial charge on any atom is -0.452 e. The zero-order valence-electron chi connectivity index (χ0n) is 11.8. The van der Waals surface area contributed by atoms with Crippen molar-refractivity contribution in [1.29, 1.82) is 0 Å². The number of anilines is 1. The predicted molar refractivity (Wildman–Crippen MR) is 77.1 cm³/mol. The molecule has 0 unspecified atom stereocenters. The van der Waals surface area contributed by atoms with Gasteiger partial charge in [0.15, 0.2) is 6.10 Å². The highest BCUT2D eigenvalue weighted by Crippen LogP contribution is 2.20. The van der Waals surface area contributed by atoms with Gasteiger partial charge in [-0.2, -0.15) is 0 Å². The summed E-state index contributed by atoms with van der Waals surface area (Å²) in [5.41, 5.74) is 0.337. The number of esters is 1. The predicted octanol–water partition coefficient (Wildman–Crippen LogP) is 3.05. The summed E-state index contributed by atoms with van der Waals surface area (Å²) in [6.07, 6.45) is 5.32. The number of halogens is 1. The summed E-state index contributed by atoms with van der Waals surface area (Å²) in [4.78, 5) is 23.8. The molecule has 21 heavy (non-hydrogen) atoms. The second-order valence-electron chi connectivity index (χ2n) is 5.06. The standard InChI is InChI=1S/C16H18FNO3/c1-11(21-16(20)12-6-3-2-4-7-12)15(19)18-14-9-5-8-13(17)10-14/h2-3,5,8-12H,4,6-7H2,1H3,(H,18,19)/t11-,12-/m1/s1. The minimum atomic E-state index is -0.910. The van der Waals surface area contributed by atoms with Gasteiger partial charge in [-0.15, -0.1) is 0 Å². The summed E-state index contributed by atoms with van der Waals surface area (Å²) in [6.45, 7) is 1.51. The van der Waals surface area contributed by atoms with Crippen LogP contribution in [0.25, 0.3) is 0 Å². The first kappa shape index (κ1) is 15.2. The molecule has 0 radical (unpaired) electrons. The van der Waals surface area contributed by atoms with Crippen LogP contribution in [0, 0.1) is 11.7 Å². The van der Waals surface area contributed by atoms with Gasteiger partial charge in [-0.25, -0.2) is 4.39 Å². The molecule has 0 fully saturated rings.